The molecule has 8 nitrogen and oxygen atoms in total. The summed E-state index contributed by atoms with van der Waals surface area (Å²) in [5.74, 6) is 2.00. The highest BCUT2D eigenvalue weighted by Gasteiger charge is 2.28. The molecule has 1 fully saturated rings. The minimum Gasteiger partial charge on any atom is -0.472 e. The topological polar surface area (TPSA) is 94.5 Å². The van der Waals surface area contributed by atoms with E-state index in [9.17, 15) is 4.79 Å². The molecule has 1 amide bonds. The number of piperidine rings is 1. The third-order valence-corrected chi connectivity index (χ3v) is 4.39. The lowest BCUT2D eigenvalue weighted by atomic mass is 10.1. The second-order valence-corrected chi connectivity index (χ2v) is 6.58. The first-order chi connectivity index (χ1) is 13.1. The van der Waals surface area contributed by atoms with Crippen LogP contribution < -0.4 is 4.74 Å². The predicted octanol–water partition coefficient (Wildman–Crippen LogP) is 3.03. The Labute approximate surface area is 156 Å². The maximum absolute atomic E-state index is 12.8. The van der Waals surface area contributed by atoms with Gasteiger partial charge in [-0.2, -0.15) is 4.98 Å². The third kappa shape index (κ3) is 3.84. The molecule has 0 bridgehead atoms. The van der Waals surface area contributed by atoms with Gasteiger partial charge in [-0.05, 0) is 38.8 Å². The first-order valence-electron chi connectivity index (χ1n) is 8.87. The second kappa shape index (κ2) is 7.22. The van der Waals surface area contributed by atoms with Crippen LogP contribution >= 0.6 is 0 Å². The van der Waals surface area contributed by atoms with Gasteiger partial charge in [0, 0.05) is 24.4 Å². The summed E-state index contributed by atoms with van der Waals surface area (Å²) in [5.41, 5.74) is 1.12. The molecule has 27 heavy (non-hydrogen) atoms. The Bertz CT molecular complexity index is 915. The number of furan rings is 1. The van der Waals surface area contributed by atoms with Gasteiger partial charge in [0.25, 0.3) is 5.91 Å². The van der Waals surface area contributed by atoms with Gasteiger partial charge in [0.2, 0.25) is 11.6 Å². The van der Waals surface area contributed by atoms with E-state index < -0.39 is 0 Å². The van der Waals surface area contributed by atoms with Crippen molar-refractivity contribution in [3.63, 3.8) is 0 Å². The Morgan fingerprint density at radius 2 is 2.15 bits per heavy atom. The van der Waals surface area contributed by atoms with Gasteiger partial charge in [-0.15, -0.1) is 0 Å². The lowest BCUT2D eigenvalue weighted by Gasteiger charge is -2.32. The number of hydrogen-bond donors (Lipinski definition) is 0. The van der Waals surface area contributed by atoms with Gasteiger partial charge >= 0.3 is 0 Å². The van der Waals surface area contributed by atoms with E-state index in [1.165, 1.54) is 0 Å². The number of nitrogens with zero attached hydrogens (tertiary/aromatic N) is 4. The summed E-state index contributed by atoms with van der Waals surface area (Å²) in [6, 6.07) is 6.91. The van der Waals surface area contributed by atoms with Gasteiger partial charge in [0.15, 0.2) is 11.5 Å². The molecular formula is C19H20N4O4. The van der Waals surface area contributed by atoms with Crippen LogP contribution in [0.15, 0.2) is 39.5 Å². The van der Waals surface area contributed by atoms with E-state index in [1.54, 1.807) is 35.4 Å². The van der Waals surface area contributed by atoms with Crippen LogP contribution in [-0.4, -0.2) is 45.1 Å². The van der Waals surface area contributed by atoms with E-state index in [2.05, 4.69) is 15.1 Å². The van der Waals surface area contributed by atoms with Crippen LogP contribution in [0.5, 0.6) is 5.88 Å². The van der Waals surface area contributed by atoms with E-state index in [-0.39, 0.29) is 17.7 Å². The zero-order valence-corrected chi connectivity index (χ0v) is 15.2. The average Bonchev–Trinajstić information content (AvgIpc) is 3.32. The van der Waals surface area contributed by atoms with E-state index in [0.29, 0.717) is 36.3 Å². The molecular weight excluding hydrogens is 348 g/mol. The molecule has 1 aliphatic rings. The van der Waals surface area contributed by atoms with Crippen molar-refractivity contribution in [3.8, 4) is 17.4 Å². The predicted molar refractivity (Wildman–Crippen MR) is 95.3 cm³/mol. The summed E-state index contributed by atoms with van der Waals surface area (Å²) in [6.07, 6.45) is 3.14. The van der Waals surface area contributed by atoms with Gasteiger partial charge in [-0.3, -0.25) is 4.79 Å². The van der Waals surface area contributed by atoms with Crippen molar-refractivity contribution in [1.82, 2.24) is 20.0 Å². The fourth-order valence-electron chi connectivity index (χ4n) is 3.21. The summed E-state index contributed by atoms with van der Waals surface area (Å²) in [7, 11) is 0. The maximum Gasteiger partial charge on any atom is 0.276 e. The zero-order valence-electron chi connectivity index (χ0n) is 15.2. The van der Waals surface area contributed by atoms with E-state index in [0.717, 1.165) is 18.5 Å². The van der Waals surface area contributed by atoms with E-state index >= 15 is 0 Å². The van der Waals surface area contributed by atoms with Crippen LogP contribution in [0.2, 0.25) is 0 Å². The molecule has 0 radical (unpaired) electrons. The molecule has 0 spiro atoms. The molecule has 140 valence electrons. The van der Waals surface area contributed by atoms with Gasteiger partial charge in [-0.1, -0.05) is 5.16 Å². The molecule has 4 rings (SSSR count). The monoisotopic (exact) mass is 368 g/mol. The van der Waals surface area contributed by atoms with Crippen LogP contribution in [0.3, 0.4) is 0 Å². The number of aromatic nitrogens is 3. The van der Waals surface area contributed by atoms with Crippen molar-refractivity contribution >= 4 is 5.91 Å². The molecule has 0 aromatic carbocycles. The zero-order chi connectivity index (χ0) is 18.8. The summed E-state index contributed by atoms with van der Waals surface area (Å²) in [5, 5.41) is 3.89. The Kier molecular flexibility index (Phi) is 4.62. The van der Waals surface area contributed by atoms with E-state index in [1.807, 2.05) is 13.8 Å². The van der Waals surface area contributed by atoms with Crippen LogP contribution in [0, 0.1) is 13.8 Å². The molecule has 0 aliphatic carbocycles. The molecule has 1 atom stereocenters. The highest BCUT2D eigenvalue weighted by molar-refractivity contribution is 5.93. The van der Waals surface area contributed by atoms with Crippen molar-refractivity contribution in [1.29, 1.82) is 0 Å². The fourth-order valence-corrected chi connectivity index (χ4v) is 3.21. The Balaban J connectivity index is 1.44. The largest absolute Gasteiger partial charge is 0.472 e. The van der Waals surface area contributed by atoms with E-state index in [4.69, 9.17) is 13.7 Å². The van der Waals surface area contributed by atoms with Crippen molar-refractivity contribution in [2.45, 2.75) is 32.8 Å². The maximum atomic E-state index is 12.8. The molecule has 3 aromatic heterocycles. The normalized spacial score (nSPS) is 17.1. The number of hydrogen-bond acceptors (Lipinski definition) is 7. The number of rotatable bonds is 4. The van der Waals surface area contributed by atoms with Crippen LogP contribution in [-0.2, 0) is 0 Å². The highest BCUT2D eigenvalue weighted by Crippen LogP contribution is 2.23. The standard InChI is InChI=1S/C19H20N4O4/c1-12-9-18(21-13(2)20-12)26-14-5-3-7-23(11-14)19(24)15-10-17(27-22-15)16-6-4-8-25-16/h4,6,8-10,14H,3,5,7,11H2,1-2H3. The third-order valence-electron chi connectivity index (χ3n) is 4.39. The summed E-state index contributed by atoms with van der Waals surface area (Å²) >= 11 is 0. The van der Waals surface area contributed by atoms with Gasteiger partial charge < -0.3 is 18.6 Å². The first-order valence-corrected chi connectivity index (χ1v) is 8.87. The second-order valence-electron chi connectivity index (χ2n) is 6.58. The van der Waals surface area contributed by atoms with Crippen molar-refractivity contribution in [2.75, 3.05) is 13.1 Å². The molecule has 8 heteroatoms. The van der Waals surface area contributed by atoms with Gasteiger partial charge in [-0.25, -0.2) is 4.98 Å². The molecule has 1 unspecified atom stereocenters. The smallest absolute Gasteiger partial charge is 0.276 e. The van der Waals surface area contributed by atoms with Crippen molar-refractivity contribution in [3.05, 3.63) is 47.7 Å². The number of ether oxygens (including phenoxy) is 1. The molecule has 4 heterocycles. The number of likely N-dealkylation sites (tertiary alicyclic amines) is 1. The molecule has 3 aromatic rings. The van der Waals surface area contributed by atoms with Crippen LogP contribution in [0.25, 0.3) is 11.5 Å². The lowest BCUT2D eigenvalue weighted by molar-refractivity contribution is 0.0518. The SMILES string of the molecule is Cc1cc(OC2CCCN(C(=O)c3cc(-c4ccco4)on3)C2)nc(C)n1. The summed E-state index contributed by atoms with van der Waals surface area (Å²) in [4.78, 5) is 23.1. The van der Waals surface area contributed by atoms with Crippen molar-refractivity contribution < 1.29 is 18.5 Å². The first kappa shape index (κ1) is 17.3. The minimum atomic E-state index is -0.181. The van der Waals surface area contributed by atoms with Gasteiger partial charge in [0.05, 0.1) is 12.8 Å². The molecule has 1 aliphatic heterocycles. The quantitative estimate of drug-likeness (QED) is 0.698. The average molecular weight is 368 g/mol. The molecule has 1 saturated heterocycles. The Morgan fingerprint density at radius 3 is 2.93 bits per heavy atom. The lowest BCUT2D eigenvalue weighted by Crippen LogP contribution is -2.44. The number of carbonyl (C=O) groups excluding carboxylic acids is 1. The van der Waals surface area contributed by atoms with Crippen LogP contribution in [0.1, 0.15) is 34.8 Å². The number of amides is 1. The Morgan fingerprint density at radius 1 is 1.26 bits per heavy atom. The summed E-state index contributed by atoms with van der Waals surface area (Å²) in [6.45, 7) is 4.87. The molecule has 0 N–H and O–H groups in total. The number of carbonyl (C=O) groups is 1. The van der Waals surface area contributed by atoms with Gasteiger partial charge in [0.1, 0.15) is 11.9 Å². The Hall–Kier alpha value is -3.16. The van der Waals surface area contributed by atoms with Crippen LogP contribution in [0.4, 0.5) is 0 Å². The number of aryl methyl sites for hydroxylation is 2. The summed E-state index contributed by atoms with van der Waals surface area (Å²) < 4.78 is 16.5. The molecule has 0 saturated carbocycles. The fraction of sp³-hybridized carbons (Fsp3) is 0.368. The highest BCUT2D eigenvalue weighted by atomic mass is 16.5. The van der Waals surface area contributed by atoms with Crippen molar-refractivity contribution in [2.24, 2.45) is 0 Å². The minimum absolute atomic E-state index is 0.118.